The maximum Gasteiger partial charge on any atom is 0.406 e. The highest BCUT2D eigenvalue weighted by Gasteiger charge is 2.31. The van der Waals surface area contributed by atoms with Gasteiger partial charge in [-0.2, -0.15) is 13.2 Å². The number of hydrogen-bond acceptors (Lipinski definition) is 1. The minimum atomic E-state index is -4.42. The zero-order chi connectivity index (χ0) is 13.2. The van der Waals surface area contributed by atoms with E-state index in [0.717, 1.165) is 7.05 Å². The molecule has 0 aliphatic carbocycles. The lowest BCUT2D eigenvalue weighted by Gasteiger charge is -2.19. The van der Waals surface area contributed by atoms with Crippen LogP contribution in [0.5, 0.6) is 0 Å². The third-order valence-electron chi connectivity index (χ3n) is 1.92. The zero-order valence-corrected chi connectivity index (χ0v) is 11.0. The predicted octanol–water partition coefficient (Wildman–Crippen LogP) is 3.74. The van der Waals surface area contributed by atoms with Gasteiger partial charge in [0, 0.05) is 16.5 Å². The second kappa shape index (κ2) is 5.27. The van der Waals surface area contributed by atoms with Crippen LogP contribution in [-0.4, -0.2) is 30.6 Å². The van der Waals surface area contributed by atoms with Crippen molar-refractivity contribution in [2.45, 2.75) is 6.18 Å². The standard InChI is InChI=1S/C10H8BrClF3NO/c1-16(5-10(13,14)15)9(17)7-4-6(12)2-3-8(7)11/h2-4H,5H2,1H3. The van der Waals surface area contributed by atoms with E-state index < -0.39 is 18.6 Å². The Morgan fingerprint density at radius 3 is 2.59 bits per heavy atom. The van der Waals surface area contributed by atoms with E-state index in [9.17, 15) is 18.0 Å². The van der Waals surface area contributed by atoms with Crippen molar-refractivity contribution in [2.24, 2.45) is 0 Å². The largest absolute Gasteiger partial charge is 0.406 e. The summed E-state index contributed by atoms with van der Waals surface area (Å²) in [6, 6.07) is 4.37. The quantitative estimate of drug-likeness (QED) is 0.809. The normalized spacial score (nSPS) is 11.4. The van der Waals surface area contributed by atoms with Crippen LogP contribution in [0.1, 0.15) is 10.4 Å². The molecule has 0 aliphatic heterocycles. The van der Waals surface area contributed by atoms with Gasteiger partial charge in [-0.3, -0.25) is 4.79 Å². The van der Waals surface area contributed by atoms with Crippen LogP contribution in [0.4, 0.5) is 13.2 Å². The van der Waals surface area contributed by atoms with E-state index in [-0.39, 0.29) is 10.6 Å². The van der Waals surface area contributed by atoms with Gasteiger partial charge in [0.2, 0.25) is 0 Å². The van der Waals surface area contributed by atoms with Crippen LogP contribution in [0.2, 0.25) is 5.02 Å². The SMILES string of the molecule is CN(CC(F)(F)F)C(=O)c1cc(Cl)ccc1Br. The Hall–Kier alpha value is -0.750. The highest BCUT2D eigenvalue weighted by molar-refractivity contribution is 9.10. The first-order valence-corrected chi connectivity index (χ1v) is 5.65. The molecule has 7 heteroatoms. The summed E-state index contributed by atoms with van der Waals surface area (Å²) in [7, 11) is 1.09. The first-order valence-electron chi connectivity index (χ1n) is 4.48. The van der Waals surface area contributed by atoms with E-state index in [1.54, 1.807) is 0 Å². The molecule has 0 saturated carbocycles. The Bertz CT molecular complexity index is 436. The molecule has 0 fully saturated rings. The van der Waals surface area contributed by atoms with E-state index >= 15 is 0 Å². The highest BCUT2D eigenvalue weighted by Crippen LogP contribution is 2.23. The summed E-state index contributed by atoms with van der Waals surface area (Å²) >= 11 is 8.78. The molecule has 0 atom stereocenters. The molecule has 0 radical (unpaired) electrons. The topological polar surface area (TPSA) is 20.3 Å². The molecule has 0 aromatic heterocycles. The van der Waals surface area contributed by atoms with Crippen molar-refractivity contribution in [1.29, 1.82) is 0 Å². The summed E-state index contributed by atoms with van der Waals surface area (Å²) in [5.41, 5.74) is 0.101. The number of carbonyl (C=O) groups is 1. The van der Waals surface area contributed by atoms with E-state index in [4.69, 9.17) is 11.6 Å². The van der Waals surface area contributed by atoms with Crippen molar-refractivity contribution in [3.8, 4) is 0 Å². The molecular weight excluding hydrogens is 322 g/mol. The van der Waals surface area contributed by atoms with Crippen LogP contribution in [0, 0.1) is 0 Å². The van der Waals surface area contributed by atoms with E-state index in [0.29, 0.717) is 9.37 Å². The molecule has 17 heavy (non-hydrogen) atoms. The van der Waals surface area contributed by atoms with Crippen LogP contribution in [0.15, 0.2) is 22.7 Å². The molecule has 0 saturated heterocycles. The van der Waals surface area contributed by atoms with Crippen LogP contribution in [-0.2, 0) is 0 Å². The number of carbonyl (C=O) groups excluding carboxylic acids is 1. The Balaban J connectivity index is 2.93. The number of hydrogen-bond donors (Lipinski definition) is 0. The summed E-state index contributed by atoms with van der Waals surface area (Å²) in [6.07, 6.45) is -4.42. The average molecular weight is 331 g/mol. The van der Waals surface area contributed by atoms with Gasteiger partial charge in [-0.15, -0.1) is 0 Å². The monoisotopic (exact) mass is 329 g/mol. The third-order valence-corrected chi connectivity index (χ3v) is 2.85. The van der Waals surface area contributed by atoms with Crippen molar-refractivity contribution in [2.75, 3.05) is 13.6 Å². The fourth-order valence-electron chi connectivity index (χ4n) is 1.21. The summed E-state index contributed by atoms with van der Waals surface area (Å²) < 4.78 is 36.8. The average Bonchev–Trinajstić information content (AvgIpc) is 2.18. The number of amides is 1. The van der Waals surface area contributed by atoms with Gasteiger partial charge in [-0.25, -0.2) is 0 Å². The molecule has 0 spiro atoms. The fourth-order valence-corrected chi connectivity index (χ4v) is 1.80. The van der Waals surface area contributed by atoms with Crippen LogP contribution < -0.4 is 0 Å². The minimum Gasteiger partial charge on any atom is -0.333 e. The lowest BCUT2D eigenvalue weighted by atomic mass is 10.2. The lowest BCUT2D eigenvalue weighted by Crippen LogP contribution is -2.35. The molecular formula is C10H8BrClF3NO. The second-order valence-corrected chi connectivity index (χ2v) is 4.69. The molecule has 1 aromatic rings. The molecule has 94 valence electrons. The molecule has 1 aromatic carbocycles. The summed E-state index contributed by atoms with van der Waals surface area (Å²) in [4.78, 5) is 12.3. The summed E-state index contributed by atoms with van der Waals surface area (Å²) in [5.74, 6) is -0.739. The van der Waals surface area contributed by atoms with Crippen molar-refractivity contribution in [3.63, 3.8) is 0 Å². The minimum absolute atomic E-state index is 0.101. The molecule has 0 heterocycles. The number of nitrogens with zero attached hydrogens (tertiary/aromatic N) is 1. The van der Waals surface area contributed by atoms with Gasteiger partial charge in [0.15, 0.2) is 0 Å². The first-order chi connectivity index (χ1) is 7.70. The summed E-state index contributed by atoms with van der Waals surface area (Å²) in [5, 5.41) is 0.289. The Kier molecular flexibility index (Phi) is 4.43. The second-order valence-electron chi connectivity index (χ2n) is 3.40. The third kappa shape index (κ3) is 4.20. The smallest absolute Gasteiger partial charge is 0.333 e. The fraction of sp³-hybridized carbons (Fsp3) is 0.300. The number of benzene rings is 1. The van der Waals surface area contributed by atoms with Crippen molar-refractivity contribution >= 4 is 33.4 Å². The Morgan fingerprint density at radius 1 is 1.47 bits per heavy atom. The van der Waals surface area contributed by atoms with Gasteiger partial charge >= 0.3 is 6.18 Å². The van der Waals surface area contributed by atoms with Gasteiger partial charge in [-0.1, -0.05) is 11.6 Å². The zero-order valence-electron chi connectivity index (χ0n) is 8.68. The maximum absolute atomic E-state index is 12.1. The molecule has 0 unspecified atom stereocenters. The van der Waals surface area contributed by atoms with Crippen molar-refractivity contribution in [3.05, 3.63) is 33.3 Å². The predicted molar refractivity (Wildman–Crippen MR) is 62.2 cm³/mol. The van der Waals surface area contributed by atoms with E-state index in [1.165, 1.54) is 18.2 Å². The number of alkyl halides is 3. The maximum atomic E-state index is 12.1. The van der Waals surface area contributed by atoms with Crippen LogP contribution in [0.3, 0.4) is 0 Å². The van der Waals surface area contributed by atoms with Gasteiger partial charge in [0.25, 0.3) is 5.91 Å². The molecule has 2 nitrogen and oxygen atoms in total. The van der Waals surface area contributed by atoms with Crippen molar-refractivity contribution in [1.82, 2.24) is 4.90 Å². The highest BCUT2D eigenvalue weighted by atomic mass is 79.9. The van der Waals surface area contributed by atoms with Gasteiger partial charge in [-0.05, 0) is 34.1 Å². The van der Waals surface area contributed by atoms with E-state index in [2.05, 4.69) is 15.9 Å². The van der Waals surface area contributed by atoms with Gasteiger partial charge in [0.05, 0.1) is 5.56 Å². The first kappa shape index (κ1) is 14.3. The molecule has 0 bridgehead atoms. The molecule has 1 amide bonds. The Morgan fingerprint density at radius 2 is 2.06 bits per heavy atom. The van der Waals surface area contributed by atoms with Gasteiger partial charge in [0.1, 0.15) is 6.54 Å². The lowest BCUT2D eigenvalue weighted by molar-refractivity contribution is -0.138. The van der Waals surface area contributed by atoms with Gasteiger partial charge < -0.3 is 4.90 Å². The van der Waals surface area contributed by atoms with Crippen LogP contribution >= 0.6 is 27.5 Å². The molecule has 0 N–H and O–H groups in total. The van der Waals surface area contributed by atoms with Crippen LogP contribution in [0.25, 0.3) is 0 Å². The molecule has 0 aliphatic rings. The number of halogens is 5. The molecule has 1 rings (SSSR count). The number of rotatable bonds is 2. The summed E-state index contributed by atoms with van der Waals surface area (Å²) in [6.45, 7) is -1.30. The Labute approximate surface area is 109 Å². The van der Waals surface area contributed by atoms with Crippen molar-refractivity contribution < 1.29 is 18.0 Å². The van der Waals surface area contributed by atoms with E-state index in [1.807, 2.05) is 0 Å².